The molecule has 2 saturated heterocycles. The first kappa shape index (κ1) is 37.0. The molecule has 14 heteroatoms. The van der Waals surface area contributed by atoms with Crippen molar-refractivity contribution in [3.8, 4) is 5.75 Å². The summed E-state index contributed by atoms with van der Waals surface area (Å²) in [5, 5.41) is 19.2. The summed E-state index contributed by atoms with van der Waals surface area (Å²) in [5.74, 6) is -0.0496. The minimum absolute atomic E-state index is 0.000576. The number of carbonyl (C=O) groups excluding carboxylic acids is 3. The maximum absolute atomic E-state index is 15.2. The van der Waals surface area contributed by atoms with Gasteiger partial charge in [-0.3, -0.25) is 24.0 Å². The van der Waals surface area contributed by atoms with Crippen LogP contribution in [0.4, 0.5) is 11.4 Å². The number of aryl methyl sites for hydroxylation is 1. The highest BCUT2D eigenvalue weighted by atomic mass is 79.9. The molecule has 1 spiro atoms. The lowest BCUT2D eigenvalue weighted by Gasteiger charge is -2.39. The van der Waals surface area contributed by atoms with Gasteiger partial charge in [-0.2, -0.15) is 0 Å². The molecule has 12 nitrogen and oxygen atoms in total. The smallest absolute Gasteiger partial charge is 0.304 e. The van der Waals surface area contributed by atoms with Gasteiger partial charge < -0.3 is 24.2 Å². The molecule has 5 atom stereocenters. The number of amides is 2. The zero-order valence-electron chi connectivity index (χ0n) is 30.5. The molecule has 4 aromatic rings. The Labute approximate surface area is 318 Å². The van der Waals surface area contributed by atoms with E-state index in [4.69, 9.17) is 14.2 Å². The largest absolute Gasteiger partial charge is 0.497 e. The number of esters is 1. The SMILES string of the molecule is COc1ccc([Si](C)(C)[C@H]2[C@H](CCn3cc(CCO)nn3)O[C@@]3(C(=O)N(Cc4ccc(N5C(=O)CC5OC(C)=O)cc4)c4ccc(Br)cc43)[C@@H]2C)cc1. The molecular formula is C39H44BrN5O7Si. The first-order chi connectivity index (χ1) is 25.4. The highest BCUT2D eigenvalue weighted by molar-refractivity contribution is 9.10. The van der Waals surface area contributed by atoms with E-state index in [9.17, 15) is 14.7 Å². The lowest BCUT2D eigenvalue weighted by molar-refractivity contribution is -0.154. The van der Waals surface area contributed by atoms with Crippen molar-refractivity contribution in [2.45, 2.75) is 82.8 Å². The number of nitrogens with zero attached hydrogens (tertiary/aromatic N) is 5. The fourth-order valence-electron chi connectivity index (χ4n) is 8.58. The maximum Gasteiger partial charge on any atom is 0.304 e. The van der Waals surface area contributed by atoms with Crippen LogP contribution in [0.25, 0.3) is 0 Å². The van der Waals surface area contributed by atoms with Gasteiger partial charge in [0.1, 0.15) is 5.75 Å². The lowest BCUT2D eigenvalue weighted by Crippen LogP contribution is -2.54. The molecule has 3 aliphatic rings. The third-order valence-electron chi connectivity index (χ3n) is 11.2. The van der Waals surface area contributed by atoms with E-state index in [2.05, 4.69) is 58.4 Å². The second-order valence-electron chi connectivity index (χ2n) is 14.6. The van der Waals surface area contributed by atoms with Crippen LogP contribution in [0.1, 0.15) is 43.5 Å². The molecule has 7 rings (SSSR count). The predicted octanol–water partition coefficient (Wildman–Crippen LogP) is 5.06. The van der Waals surface area contributed by atoms with Crippen LogP contribution in [0.3, 0.4) is 0 Å². The number of carbonyl (C=O) groups is 3. The van der Waals surface area contributed by atoms with Crippen LogP contribution in [-0.4, -0.2) is 72.0 Å². The zero-order valence-corrected chi connectivity index (χ0v) is 33.1. The number of aliphatic hydroxyl groups is 1. The Morgan fingerprint density at radius 1 is 1.09 bits per heavy atom. The minimum atomic E-state index is -2.35. The first-order valence-electron chi connectivity index (χ1n) is 17.9. The van der Waals surface area contributed by atoms with Gasteiger partial charge in [0.2, 0.25) is 5.91 Å². The number of aromatic nitrogens is 3. The van der Waals surface area contributed by atoms with Gasteiger partial charge in [-0.05, 0) is 60.0 Å². The van der Waals surface area contributed by atoms with Gasteiger partial charge >= 0.3 is 5.97 Å². The van der Waals surface area contributed by atoms with Crippen molar-refractivity contribution in [1.82, 2.24) is 15.0 Å². The highest BCUT2D eigenvalue weighted by Gasteiger charge is 2.66. The summed E-state index contributed by atoms with van der Waals surface area (Å²) in [6.07, 6.45) is 2.18. The molecular weight excluding hydrogens is 758 g/mol. The summed E-state index contributed by atoms with van der Waals surface area (Å²) in [6.45, 7) is 9.05. The van der Waals surface area contributed by atoms with Crippen molar-refractivity contribution in [2.24, 2.45) is 5.92 Å². The standard InChI is InChI=1S/C39H44BrN5O7Si/c1-24-37(53(4,5)31-13-11-30(50-3)12-14-31)34(16-18-43-23-28(17-19-46)41-42-43)52-39(24)32-20-27(40)8-15-33(32)44(38(39)49)22-26-6-9-29(10-7-26)45-35(48)21-36(45)51-25(2)47/h6-15,20,23-24,34,36-37,46H,16-19,21-22H2,1-5H3/t24-,34+,36?,37-,39+/m1/s1. The van der Waals surface area contributed by atoms with Gasteiger partial charge in [0.05, 0.1) is 45.6 Å². The molecule has 3 aromatic carbocycles. The summed E-state index contributed by atoms with van der Waals surface area (Å²) in [4.78, 5) is 42.4. The zero-order chi connectivity index (χ0) is 37.7. The van der Waals surface area contributed by atoms with Crippen LogP contribution in [-0.2, 0) is 49.0 Å². The minimum Gasteiger partial charge on any atom is -0.497 e. The normalized spacial score (nSPS) is 23.8. The fourth-order valence-corrected chi connectivity index (χ4v) is 13.0. The number of benzene rings is 3. The van der Waals surface area contributed by atoms with Crippen molar-refractivity contribution in [1.29, 1.82) is 0 Å². The Balaban J connectivity index is 1.22. The van der Waals surface area contributed by atoms with E-state index < -0.39 is 25.9 Å². The molecule has 53 heavy (non-hydrogen) atoms. The number of fused-ring (bicyclic) bond motifs is 2. The van der Waals surface area contributed by atoms with Crippen molar-refractivity contribution in [2.75, 3.05) is 23.5 Å². The number of ether oxygens (including phenoxy) is 3. The number of aliphatic hydroxyl groups excluding tert-OH is 1. The van der Waals surface area contributed by atoms with Gasteiger partial charge in [-0.1, -0.05) is 70.6 Å². The number of halogens is 1. The Morgan fingerprint density at radius 3 is 2.49 bits per heavy atom. The molecule has 1 aromatic heterocycles. The van der Waals surface area contributed by atoms with E-state index in [1.807, 2.05) is 65.7 Å². The Morgan fingerprint density at radius 2 is 1.83 bits per heavy atom. The molecule has 2 amide bonds. The van der Waals surface area contributed by atoms with Crippen molar-refractivity contribution in [3.63, 3.8) is 0 Å². The van der Waals surface area contributed by atoms with E-state index in [1.54, 1.807) is 11.8 Å². The lowest BCUT2D eigenvalue weighted by atomic mass is 9.82. The Kier molecular flexibility index (Phi) is 10.1. The fraction of sp³-hybridized carbons (Fsp3) is 0.410. The van der Waals surface area contributed by atoms with Crippen LogP contribution in [0.2, 0.25) is 18.6 Å². The number of hydrogen-bond acceptors (Lipinski definition) is 9. The summed E-state index contributed by atoms with van der Waals surface area (Å²) in [7, 11) is -0.687. The molecule has 0 bridgehead atoms. The molecule has 0 saturated carbocycles. The summed E-state index contributed by atoms with van der Waals surface area (Å²) in [6, 6.07) is 21.7. The van der Waals surface area contributed by atoms with Crippen LogP contribution >= 0.6 is 15.9 Å². The highest BCUT2D eigenvalue weighted by Crippen LogP contribution is 2.60. The number of rotatable bonds is 12. The van der Waals surface area contributed by atoms with Crippen LogP contribution in [0.5, 0.6) is 5.75 Å². The first-order valence-corrected chi connectivity index (χ1v) is 21.8. The third-order valence-corrected chi connectivity index (χ3v) is 16.0. The van der Waals surface area contributed by atoms with Gasteiger partial charge in [0.25, 0.3) is 5.91 Å². The third kappa shape index (κ3) is 6.59. The molecule has 4 heterocycles. The molecule has 1 N–H and O–H groups in total. The summed E-state index contributed by atoms with van der Waals surface area (Å²) in [5.41, 5.74) is 2.70. The van der Waals surface area contributed by atoms with Crippen molar-refractivity contribution >= 4 is 58.3 Å². The topological polar surface area (TPSA) is 136 Å². The molecule has 0 aliphatic carbocycles. The Hall–Kier alpha value is -4.37. The number of β-lactam (4-membered cyclic amide) rings is 1. The Bertz CT molecular complexity index is 2020. The second kappa shape index (κ2) is 14.5. The van der Waals surface area contributed by atoms with Crippen LogP contribution < -0.4 is 19.7 Å². The summed E-state index contributed by atoms with van der Waals surface area (Å²) < 4.78 is 20.7. The monoisotopic (exact) mass is 801 g/mol. The van der Waals surface area contributed by atoms with E-state index in [1.165, 1.54) is 17.0 Å². The van der Waals surface area contributed by atoms with Gasteiger partial charge in [0, 0.05) is 54.3 Å². The molecule has 278 valence electrons. The van der Waals surface area contributed by atoms with E-state index in [-0.39, 0.29) is 42.4 Å². The number of anilines is 2. The van der Waals surface area contributed by atoms with E-state index in [0.29, 0.717) is 31.6 Å². The van der Waals surface area contributed by atoms with Crippen LogP contribution in [0.15, 0.2) is 77.4 Å². The van der Waals surface area contributed by atoms with E-state index in [0.717, 1.165) is 32.7 Å². The molecule has 0 radical (unpaired) electrons. The quantitative estimate of drug-likeness (QED) is 0.119. The molecule has 1 unspecified atom stereocenters. The van der Waals surface area contributed by atoms with Gasteiger partial charge in [-0.25, -0.2) is 0 Å². The van der Waals surface area contributed by atoms with Gasteiger partial charge in [-0.15, -0.1) is 5.10 Å². The predicted molar refractivity (Wildman–Crippen MR) is 204 cm³/mol. The van der Waals surface area contributed by atoms with Crippen molar-refractivity contribution < 1.29 is 33.7 Å². The van der Waals surface area contributed by atoms with Gasteiger partial charge in [0.15, 0.2) is 11.8 Å². The average Bonchev–Trinajstić information content (AvgIpc) is 3.77. The van der Waals surface area contributed by atoms with Crippen molar-refractivity contribution in [3.05, 3.63) is 94.2 Å². The second-order valence-corrected chi connectivity index (χ2v) is 20.2. The number of methoxy groups -OCH3 is 1. The maximum atomic E-state index is 15.2. The summed E-state index contributed by atoms with van der Waals surface area (Å²) >= 11 is 3.69. The van der Waals surface area contributed by atoms with Crippen LogP contribution in [0, 0.1) is 5.92 Å². The number of hydrogen-bond donors (Lipinski definition) is 1. The molecule has 3 aliphatic heterocycles. The average molecular weight is 803 g/mol. The van der Waals surface area contributed by atoms with E-state index >= 15 is 4.79 Å². The molecule has 2 fully saturated rings.